The first-order valence-electron chi connectivity index (χ1n) is 7.29. The zero-order valence-corrected chi connectivity index (χ0v) is 12.0. The molecule has 0 amide bonds. The maximum absolute atomic E-state index is 2.45. The molecule has 0 saturated carbocycles. The standard InChI is InChI=1S/C19H20/c1-12-8-14-4-5-16-10-13(2)11-19(3)7-6-15(9-12)17(14)18(16)19/h6-11,18H,4-5H2,1-3H3. The van der Waals surface area contributed by atoms with Crippen molar-refractivity contribution in [1.82, 2.24) is 0 Å². The molecule has 0 saturated heterocycles. The quantitative estimate of drug-likeness (QED) is 0.609. The van der Waals surface area contributed by atoms with Crippen molar-refractivity contribution in [3.05, 3.63) is 63.8 Å². The van der Waals surface area contributed by atoms with Crippen molar-refractivity contribution in [2.75, 3.05) is 0 Å². The van der Waals surface area contributed by atoms with Crippen LogP contribution in [0, 0.1) is 12.3 Å². The molecule has 0 heteroatoms. The Morgan fingerprint density at radius 3 is 2.84 bits per heavy atom. The summed E-state index contributed by atoms with van der Waals surface area (Å²) < 4.78 is 0. The van der Waals surface area contributed by atoms with E-state index in [0.29, 0.717) is 5.92 Å². The third kappa shape index (κ3) is 1.46. The van der Waals surface area contributed by atoms with Crippen LogP contribution in [0.15, 0.2) is 41.5 Å². The molecule has 1 aromatic carbocycles. The van der Waals surface area contributed by atoms with E-state index in [0.717, 1.165) is 0 Å². The second-order valence-electron chi connectivity index (χ2n) is 6.67. The molecule has 96 valence electrons. The van der Waals surface area contributed by atoms with Gasteiger partial charge in [-0.2, -0.15) is 0 Å². The molecule has 0 spiro atoms. The second-order valence-corrected chi connectivity index (χ2v) is 6.67. The number of aryl methyl sites for hydroxylation is 2. The summed E-state index contributed by atoms with van der Waals surface area (Å²) in [6, 6.07) is 4.75. The van der Waals surface area contributed by atoms with Gasteiger partial charge in [0.05, 0.1) is 0 Å². The largest absolute Gasteiger partial charge is 0.0733 e. The lowest BCUT2D eigenvalue weighted by Gasteiger charge is -2.45. The van der Waals surface area contributed by atoms with Gasteiger partial charge in [0.2, 0.25) is 0 Å². The van der Waals surface area contributed by atoms with Crippen LogP contribution in [0.3, 0.4) is 0 Å². The average Bonchev–Trinajstić information content (AvgIpc) is 2.34. The zero-order chi connectivity index (χ0) is 13.2. The van der Waals surface area contributed by atoms with Crippen molar-refractivity contribution >= 4 is 6.08 Å². The van der Waals surface area contributed by atoms with Crippen LogP contribution in [0.4, 0.5) is 0 Å². The Labute approximate surface area is 115 Å². The molecular formula is C19H20. The number of allylic oxidation sites excluding steroid dienone is 5. The number of benzene rings is 1. The van der Waals surface area contributed by atoms with Gasteiger partial charge in [-0.3, -0.25) is 0 Å². The third-order valence-corrected chi connectivity index (χ3v) is 4.98. The van der Waals surface area contributed by atoms with Crippen LogP contribution >= 0.6 is 0 Å². The molecule has 0 aromatic heterocycles. The first-order valence-corrected chi connectivity index (χ1v) is 7.29. The summed E-state index contributed by atoms with van der Waals surface area (Å²) in [6.45, 7) is 6.85. The third-order valence-electron chi connectivity index (χ3n) is 4.98. The maximum Gasteiger partial charge on any atom is 0.0184 e. The van der Waals surface area contributed by atoms with E-state index < -0.39 is 0 Å². The zero-order valence-electron chi connectivity index (χ0n) is 12.0. The Hall–Kier alpha value is -1.56. The van der Waals surface area contributed by atoms with E-state index in [4.69, 9.17) is 0 Å². The summed E-state index contributed by atoms with van der Waals surface area (Å²) in [7, 11) is 0. The van der Waals surface area contributed by atoms with Crippen LogP contribution in [0.25, 0.3) is 6.08 Å². The highest BCUT2D eigenvalue weighted by Crippen LogP contribution is 2.55. The van der Waals surface area contributed by atoms with Gasteiger partial charge in [0, 0.05) is 11.3 Å². The molecular weight excluding hydrogens is 228 g/mol. The predicted molar refractivity (Wildman–Crippen MR) is 81.2 cm³/mol. The fraction of sp³-hybridized carbons (Fsp3) is 0.368. The SMILES string of the molecule is CC1=CC2(C)C=Cc3cc(C)cc4c3C2C(=C1)CC4. The molecule has 2 unspecified atom stereocenters. The van der Waals surface area contributed by atoms with E-state index in [-0.39, 0.29) is 5.41 Å². The summed E-state index contributed by atoms with van der Waals surface area (Å²) in [6.07, 6.45) is 12.1. The highest BCUT2D eigenvalue weighted by Gasteiger charge is 2.42. The molecule has 19 heavy (non-hydrogen) atoms. The van der Waals surface area contributed by atoms with Gasteiger partial charge in [-0.25, -0.2) is 0 Å². The Kier molecular flexibility index (Phi) is 2.08. The monoisotopic (exact) mass is 248 g/mol. The summed E-state index contributed by atoms with van der Waals surface area (Å²) in [5.41, 5.74) is 9.30. The molecule has 0 heterocycles. The van der Waals surface area contributed by atoms with Crippen LogP contribution < -0.4 is 0 Å². The van der Waals surface area contributed by atoms with Gasteiger partial charge >= 0.3 is 0 Å². The molecule has 0 aliphatic heterocycles. The van der Waals surface area contributed by atoms with Gasteiger partial charge in [-0.05, 0) is 43.4 Å². The topological polar surface area (TPSA) is 0 Å². The minimum absolute atomic E-state index is 0.186. The first-order chi connectivity index (χ1) is 9.07. The Morgan fingerprint density at radius 1 is 1.16 bits per heavy atom. The van der Waals surface area contributed by atoms with Gasteiger partial charge < -0.3 is 0 Å². The van der Waals surface area contributed by atoms with Crippen LogP contribution in [-0.4, -0.2) is 0 Å². The lowest BCUT2D eigenvalue weighted by atomic mass is 9.59. The lowest BCUT2D eigenvalue weighted by Crippen LogP contribution is -2.32. The van der Waals surface area contributed by atoms with Gasteiger partial charge in [-0.1, -0.05) is 60.1 Å². The average molecular weight is 248 g/mol. The lowest BCUT2D eigenvalue weighted by molar-refractivity contribution is 0.433. The maximum atomic E-state index is 2.45. The van der Waals surface area contributed by atoms with Gasteiger partial charge in [0.15, 0.2) is 0 Å². The molecule has 4 rings (SSSR count). The highest BCUT2D eigenvalue weighted by molar-refractivity contribution is 5.68. The van der Waals surface area contributed by atoms with Crippen molar-refractivity contribution < 1.29 is 0 Å². The van der Waals surface area contributed by atoms with Gasteiger partial charge in [-0.15, -0.1) is 0 Å². The second kappa shape index (κ2) is 3.50. The Bertz CT molecular complexity index is 670. The predicted octanol–water partition coefficient (Wildman–Crippen LogP) is 4.94. The summed E-state index contributed by atoms with van der Waals surface area (Å²) in [5, 5.41) is 0. The van der Waals surface area contributed by atoms with Crippen LogP contribution in [-0.2, 0) is 6.42 Å². The molecule has 3 aliphatic carbocycles. The van der Waals surface area contributed by atoms with Crippen molar-refractivity contribution in [1.29, 1.82) is 0 Å². The fourth-order valence-corrected chi connectivity index (χ4v) is 4.40. The summed E-state index contributed by atoms with van der Waals surface area (Å²) in [5.74, 6) is 0.584. The molecule has 0 nitrogen and oxygen atoms in total. The smallest absolute Gasteiger partial charge is 0.0184 e. The molecule has 1 aromatic rings. The molecule has 0 bridgehead atoms. The highest BCUT2D eigenvalue weighted by atomic mass is 14.4. The van der Waals surface area contributed by atoms with Gasteiger partial charge in [0.1, 0.15) is 0 Å². The number of hydrogen-bond acceptors (Lipinski definition) is 0. The minimum atomic E-state index is 0.186. The van der Waals surface area contributed by atoms with Crippen LogP contribution in [0.2, 0.25) is 0 Å². The summed E-state index contributed by atoms with van der Waals surface area (Å²) in [4.78, 5) is 0. The number of hydrogen-bond donors (Lipinski definition) is 0. The normalized spacial score (nSPS) is 30.6. The molecule has 0 fully saturated rings. The van der Waals surface area contributed by atoms with Crippen molar-refractivity contribution in [3.63, 3.8) is 0 Å². The van der Waals surface area contributed by atoms with Crippen molar-refractivity contribution in [2.24, 2.45) is 5.41 Å². The minimum Gasteiger partial charge on any atom is -0.0733 e. The number of rotatable bonds is 0. The van der Waals surface area contributed by atoms with Crippen molar-refractivity contribution in [3.8, 4) is 0 Å². The Morgan fingerprint density at radius 2 is 2.00 bits per heavy atom. The molecule has 0 radical (unpaired) electrons. The molecule has 0 N–H and O–H groups in total. The first kappa shape index (κ1) is 11.3. The molecule has 3 aliphatic rings. The van der Waals surface area contributed by atoms with E-state index in [9.17, 15) is 0 Å². The van der Waals surface area contributed by atoms with E-state index in [1.54, 1.807) is 16.7 Å². The fourth-order valence-electron chi connectivity index (χ4n) is 4.40. The van der Waals surface area contributed by atoms with E-state index in [1.807, 2.05) is 0 Å². The van der Waals surface area contributed by atoms with Gasteiger partial charge in [0.25, 0.3) is 0 Å². The van der Waals surface area contributed by atoms with E-state index in [1.165, 1.54) is 29.5 Å². The van der Waals surface area contributed by atoms with Crippen molar-refractivity contribution in [2.45, 2.75) is 39.5 Å². The van der Waals surface area contributed by atoms with E-state index in [2.05, 4.69) is 57.2 Å². The molecule has 2 atom stereocenters. The summed E-state index contributed by atoms with van der Waals surface area (Å²) >= 11 is 0. The Balaban J connectivity index is 2.04. The van der Waals surface area contributed by atoms with Crippen LogP contribution in [0.1, 0.15) is 48.4 Å². The van der Waals surface area contributed by atoms with E-state index >= 15 is 0 Å². The van der Waals surface area contributed by atoms with Crippen LogP contribution in [0.5, 0.6) is 0 Å².